The molecule has 0 saturated carbocycles. The molecule has 15 heavy (non-hydrogen) atoms. The largest absolute Gasteiger partial charge is 0.501 e. The van der Waals surface area contributed by atoms with Crippen molar-refractivity contribution in [3.63, 3.8) is 0 Å². The van der Waals surface area contributed by atoms with Crippen LogP contribution in [0, 0.1) is 5.41 Å². The normalized spacial score (nSPS) is 11.6. The molecule has 0 spiro atoms. The minimum absolute atomic E-state index is 0.106. The molecule has 0 amide bonds. The molecule has 0 rings (SSSR count). The lowest BCUT2D eigenvalue weighted by Crippen LogP contribution is -2.34. The zero-order valence-corrected chi connectivity index (χ0v) is 10.6. The van der Waals surface area contributed by atoms with Crippen molar-refractivity contribution in [2.75, 3.05) is 26.5 Å². The van der Waals surface area contributed by atoms with E-state index in [0.717, 1.165) is 6.42 Å². The number of ether oxygens (including phenoxy) is 2. The Kier molecular flexibility index (Phi) is 8.44. The molecule has 1 unspecified atom stereocenters. The summed E-state index contributed by atoms with van der Waals surface area (Å²) in [5.41, 5.74) is -0.106. The third-order valence-corrected chi connectivity index (χ3v) is 2.72. The molecule has 0 aliphatic rings. The molecule has 0 aliphatic carbocycles. The zero-order valence-electron chi connectivity index (χ0n) is 9.62. The van der Waals surface area contributed by atoms with Gasteiger partial charge in [0.2, 0.25) is 0 Å². The van der Waals surface area contributed by atoms with E-state index in [1.807, 2.05) is 6.66 Å². The fourth-order valence-electron chi connectivity index (χ4n) is 1.13. The van der Waals surface area contributed by atoms with Crippen LogP contribution in [0.4, 0.5) is 0 Å². The smallest absolute Gasteiger partial charge is 0.0984 e. The van der Waals surface area contributed by atoms with Crippen LogP contribution in [0.15, 0.2) is 25.7 Å². The van der Waals surface area contributed by atoms with E-state index in [1.54, 1.807) is 0 Å². The van der Waals surface area contributed by atoms with Crippen molar-refractivity contribution in [2.45, 2.75) is 13.3 Å². The van der Waals surface area contributed by atoms with Crippen LogP contribution < -0.4 is 0 Å². The number of rotatable bonds is 10. The molecular weight excluding hydrogens is 211 g/mol. The summed E-state index contributed by atoms with van der Waals surface area (Å²) < 4.78 is 16.0. The predicted octanol–water partition coefficient (Wildman–Crippen LogP) is 2.94. The summed E-state index contributed by atoms with van der Waals surface area (Å²) in [7, 11) is 0.482. The van der Waals surface area contributed by atoms with Gasteiger partial charge in [0.15, 0.2) is 0 Å². The van der Waals surface area contributed by atoms with Crippen molar-refractivity contribution in [3.05, 3.63) is 25.7 Å². The second kappa shape index (κ2) is 8.75. The van der Waals surface area contributed by atoms with Crippen molar-refractivity contribution in [1.29, 1.82) is 0 Å². The minimum atomic E-state index is -0.106. The summed E-state index contributed by atoms with van der Waals surface area (Å²) in [5.74, 6) is 0. The predicted molar refractivity (Wildman–Crippen MR) is 65.2 cm³/mol. The maximum Gasteiger partial charge on any atom is 0.0984 e. The van der Waals surface area contributed by atoms with E-state index in [9.17, 15) is 0 Å². The Labute approximate surface area is 94.4 Å². The van der Waals surface area contributed by atoms with Crippen molar-refractivity contribution in [3.8, 4) is 0 Å². The van der Waals surface area contributed by atoms with Gasteiger partial charge in [-0.25, -0.2) is 0 Å². The van der Waals surface area contributed by atoms with Gasteiger partial charge in [-0.2, -0.15) is 0 Å². The maximum absolute atomic E-state index is 5.48. The highest BCUT2D eigenvalue weighted by Crippen LogP contribution is 2.26. The summed E-state index contributed by atoms with van der Waals surface area (Å²) >= 11 is 0. The van der Waals surface area contributed by atoms with Crippen molar-refractivity contribution < 1.29 is 14.0 Å². The highest BCUT2D eigenvalue weighted by atomic mass is 31.1. The maximum atomic E-state index is 5.48. The van der Waals surface area contributed by atoms with Crippen LogP contribution in [0.25, 0.3) is 0 Å². The second-order valence-corrected chi connectivity index (χ2v) is 4.00. The van der Waals surface area contributed by atoms with E-state index < -0.39 is 0 Å². The molecule has 0 saturated heterocycles. The molecule has 88 valence electrons. The number of hydrogen-bond acceptors (Lipinski definition) is 3. The Morgan fingerprint density at radius 3 is 2.00 bits per heavy atom. The first-order valence-corrected chi connectivity index (χ1v) is 6.39. The minimum Gasteiger partial charge on any atom is -0.501 e. The van der Waals surface area contributed by atoms with Crippen LogP contribution in [-0.4, -0.2) is 26.5 Å². The summed E-state index contributed by atoms with van der Waals surface area (Å²) in [4.78, 5) is 0. The van der Waals surface area contributed by atoms with Crippen molar-refractivity contribution in [1.82, 2.24) is 0 Å². The van der Waals surface area contributed by atoms with Gasteiger partial charge in [0.05, 0.1) is 37.8 Å². The van der Waals surface area contributed by atoms with Gasteiger partial charge in [-0.05, 0) is 13.1 Å². The van der Waals surface area contributed by atoms with E-state index in [0.29, 0.717) is 28.6 Å². The van der Waals surface area contributed by atoms with E-state index in [-0.39, 0.29) is 5.41 Å². The summed E-state index contributed by atoms with van der Waals surface area (Å²) in [6.45, 7) is 12.9. The lowest BCUT2D eigenvalue weighted by molar-refractivity contribution is 0.00445. The lowest BCUT2D eigenvalue weighted by atomic mass is 9.88. The Balaban J connectivity index is 4.28. The molecule has 0 aromatic rings. The van der Waals surface area contributed by atoms with Gasteiger partial charge in [-0.15, -0.1) is 0 Å². The standard InChI is InChI=1S/C11H21O3P/c1-5-11(8-12-6-2,9-13-7-3)10-14-15-4/h6-7,15H,2-3,5,8-10H2,1,4H3. The van der Waals surface area contributed by atoms with E-state index in [1.165, 1.54) is 12.5 Å². The average Bonchev–Trinajstić information content (AvgIpc) is 2.29. The molecule has 0 fully saturated rings. The van der Waals surface area contributed by atoms with Gasteiger partial charge < -0.3 is 14.0 Å². The SMILES string of the molecule is C=COCC(CC)(COC=C)COPC. The highest BCUT2D eigenvalue weighted by molar-refractivity contribution is 7.31. The molecule has 4 heteroatoms. The van der Waals surface area contributed by atoms with Crippen LogP contribution in [0.5, 0.6) is 0 Å². The van der Waals surface area contributed by atoms with E-state index >= 15 is 0 Å². The quantitative estimate of drug-likeness (QED) is 0.428. The van der Waals surface area contributed by atoms with E-state index in [2.05, 4.69) is 20.1 Å². The Morgan fingerprint density at radius 1 is 1.13 bits per heavy atom. The summed E-state index contributed by atoms with van der Waals surface area (Å²) in [6, 6.07) is 0. The van der Waals surface area contributed by atoms with Crippen molar-refractivity contribution in [2.24, 2.45) is 5.41 Å². The summed E-state index contributed by atoms with van der Waals surface area (Å²) in [6.07, 6.45) is 3.83. The third kappa shape index (κ3) is 5.81. The van der Waals surface area contributed by atoms with Gasteiger partial charge >= 0.3 is 0 Å². The Hall–Kier alpha value is -0.530. The van der Waals surface area contributed by atoms with Gasteiger partial charge in [0, 0.05) is 8.81 Å². The van der Waals surface area contributed by atoms with Crippen LogP contribution in [0.3, 0.4) is 0 Å². The van der Waals surface area contributed by atoms with Crippen molar-refractivity contribution >= 4 is 8.81 Å². The fraction of sp³-hybridized carbons (Fsp3) is 0.636. The molecule has 0 heterocycles. The second-order valence-electron chi connectivity index (χ2n) is 3.30. The number of hydrogen-bond donors (Lipinski definition) is 0. The first-order valence-electron chi connectivity index (χ1n) is 4.98. The average molecular weight is 232 g/mol. The Bertz CT molecular complexity index is 171. The highest BCUT2D eigenvalue weighted by Gasteiger charge is 2.30. The van der Waals surface area contributed by atoms with Crippen LogP contribution >= 0.6 is 8.81 Å². The third-order valence-electron chi connectivity index (χ3n) is 2.29. The monoisotopic (exact) mass is 232 g/mol. The van der Waals surface area contributed by atoms with Gasteiger partial charge in [-0.1, -0.05) is 20.1 Å². The molecule has 0 N–H and O–H groups in total. The molecule has 0 aliphatic heterocycles. The van der Waals surface area contributed by atoms with Crippen LogP contribution in [0.2, 0.25) is 0 Å². The molecule has 0 bridgehead atoms. The first-order chi connectivity index (χ1) is 7.24. The van der Waals surface area contributed by atoms with Gasteiger partial charge in [-0.3, -0.25) is 0 Å². The molecule has 0 aromatic carbocycles. The fourth-order valence-corrected chi connectivity index (χ4v) is 1.58. The first kappa shape index (κ1) is 14.5. The topological polar surface area (TPSA) is 27.7 Å². The molecular formula is C11H21O3P. The molecule has 1 atom stereocenters. The van der Waals surface area contributed by atoms with Crippen LogP contribution in [-0.2, 0) is 14.0 Å². The van der Waals surface area contributed by atoms with Crippen LogP contribution in [0.1, 0.15) is 13.3 Å². The molecule has 0 radical (unpaired) electrons. The van der Waals surface area contributed by atoms with Gasteiger partial charge in [0.1, 0.15) is 0 Å². The lowest BCUT2D eigenvalue weighted by Gasteiger charge is -2.30. The summed E-state index contributed by atoms with van der Waals surface area (Å²) in [5, 5.41) is 0. The van der Waals surface area contributed by atoms with Gasteiger partial charge in [0.25, 0.3) is 0 Å². The van der Waals surface area contributed by atoms with E-state index in [4.69, 9.17) is 14.0 Å². The zero-order chi connectivity index (χ0) is 11.6. The Morgan fingerprint density at radius 2 is 1.67 bits per heavy atom. The molecule has 3 nitrogen and oxygen atoms in total. The molecule has 0 aromatic heterocycles.